The van der Waals surface area contributed by atoms with Gasteiger partial charge in [0.1, 0.15) is 8.07 Å². The minimum absolute atomic E-state index is 0.0337. The summed E-state index contributed by atoms with van der Waals surface area (Å²) in [5.41, 5.74) is 9.87. The molecule has 0 bridgehead atoms. The molecule has 0 fully saturated rings. The van der Waals surface area contributed by atoms with Gasteiger partial charge in [-0.05, 0) is 53.7 Å². The second-order valence-corrected chi connectivity index (χ2v) is 13.8. The van der Waals surface area contributed by atoms with E-state index in [-0.39, 0.29) is 5.91 Å². The Labute approximate surface area is 156 Å². The van der Waals surface area contributed by atoms with E-state index in [0.29, 0.717) is 16.6 Å². The van der Waals surface area contributed by atoms with Crippen LogP contribution >= 0.6 is 0 Å². The highest BCUT2D eigenvalue weighted by Gasteiger charge is 2.41. The lowest BCUT2D eigenvalue weighted by molar-refractivity contribution is -0.116. The summed E-state index contributed by atoms with van der Waals surface area (Å²) >= 11 is 0. The smallest absolute Gasteiger partial charge is 0.223 e. The van der Waals surface area contributed by atoms with Gasteiger partial charge >= 0.3 is 0 Å². The van der Waals surface area contributed by atoms with E-state index in [9.17, 15) is 4.79 Å². The third-order valence-electron chi connectivity index (χ3n) is 5.73. The van der Waals surface area contributed by atoms with E-state index in [1.54, 1.807) is 11.8 Å². The zero-order valence-corrected chi connectivity index (χ0v) is 18.7. The van der Waals surface area contributed by atoms with Crippen LogP contribution in [-0.2, 0) is 4.79 Å². The van der Waals surface area contributed by atoms with Gasteiger partial charge in [-0.2, -0.15) is 0 Å². The number of hydrogen-bond donors (Lipinski definition) is 0. The normalized spacial score (nSPS) is 11.7. The minimum Gasteiger partial charge on any atom is -0.314 e. The molecule has 0 atom stereocenters. The van der Waals surface area contributed by atoms with E-state index in [1.807, 2.05) is 7.05 Å². The first kappa shape index (κ1) is 21.5. The van der Waals surface area contributed by atoms with Gasteiger partial charge in [-0.15, -0.1) is 5.54 Å². The summed E-state index contributed by atoms with van der Waals surface area (Å²) < 4.78 is 0. The Morgan fingerprint density at radius 2 is 1.40 bits per heavy atom. The quantitative estimate of drug-likeness (QED) is 0.488. The molecule has 1 rings (SSSR count). The highest BCUT2D eigenvalue weighted by atomic mass is 28.3. The molecule has 1 amide bonds. The van der Waals surface area contributed by atoms with Crippen molar-refractivity contribution in [3.05, 3.63) is 28.8 Å². The summed E-state index contributed by atoms with van der Waals surface area (Å²) in [6.45, 7) is 19.7. The lowest BCUT2D eigenvalue weighted by atomic mass is 10.0. The van der Waals surface area contributed by atoms with Crippen LogP contribution in [0.5, 0.6) is 0 Å². The minimum atomic E-state index is -1.79. The fraction of sp³-hybridized carbons (Fsp3) is 0.591. The van der Waals surface area contributed by atoms with Crippen molar-refractivity contribution in [2.45, 2.75) is 78.9 Å². The average Bonchev–Trinajstić information content (AvgIpc) is 2.48. The highest BCUT2D eigenvalue weighted by Crippen LogP contribution is 2.41. The molecule has 0 heterocycles. The fourth-order valence-corrected chi connectivity index (χ4v) is 9.17. The number of anilines is 1. The van der Waals surface area contributed by atoms with Gasteiger partial charge in [-0.3, -0.25) is 4.79 Å². The highest BCUT2D eigenvalue weighted by molar-refractivity contribution is 6.90. The molecule has 0 aliphatic carbocycles. The number of aryl methyl sites for hydroxylation is 2. The molecule has 1 aromatic rings. The molecular formula is C22H35NOSi. The topological polar surface area (TPSA) is 20.3 Å². The van der Waals surface area contributed by atoms with Gasteiger partial charge in [0.25, 0.3) is 0 Å². The van der Waals surface area contributed by atoms with Gasteiger partial charge in [0.05, 0.1) is 5.69 Å². The van der Waals surface area contributed by atoms with Crippen LogP contribution in [0.25, 0.3) is 0 Å². The van der Waals surface area contributed by atoms with Crippen molar-refractivity contribution >= 4 is 19.7 Å². The standard InChI is InChI=1S/C22H35NOSi/c1-15(2)25(16(3)4,17(5)6)12-11-21-13-18(7)19(8)14-22(21)23(10)20(9)24/h13-17H,1-10H3. The number of nitrogens with zero attached hydrogens (tertiary/aromatic N) is 1. The molecular weight excluding hydrogens is 322 g/mol. The van der Waals surface area contributed by atoms with Crippen LogP contribution in [0.4, 0.5) is 5.69 Å². The Kier molecular flexibility index (Phi) is 7.08. The molecule has 0 radical (unpaired) electrons. The molecule has 0 aliphatic rings. The lowest BCUT2D eigenvalue weighted by Crippen LogP contribution is -2.43. The maximum atomic E-state index is 11.9. The maximum Gasteiger partial charge on any atom is 0.223 e. The van der Waals surface area contributed by atoms with E-state index in [2.05, 4.69) is 79.0 Å². The van der Waals surface area contributed by atoms with Gasteiger partial charge in [0.2, 0.25) is 5.91 Å². The van der Waals surface area contributed by atoms with Crippen molar-refractivity contribution in [3.8, 4) is 11.5 Å². The van der Waals surface area contributed by atoms with Crippen LogP contribution in [0.2, 0.25) is 16.6 Å². The van der Waals surface area contributed by atoms with E-state index >= 15 is 0 Å². The Balaban J connectivity index is 3.61. The van der Waals surface area contributed by atoms with Crippen molar-refractivity contribution < 1.29 is 4.79 Å². The number of carbonyl (C=O) groups excluding carboxylic acids is 1. The summed E-state index contributed by atoms with van der Waals surface area (Å²) in [4.78, 5) is 13.6. The van der Waals surface area contributed by atoms with E-state index in [1.165, 1.54) is 11.1 Å². The van der Waals surface area contributed by atoms with Crippen LogP contribution < -0.4 is 4.90 Å². The predicted molar refractivity (Wildman–Crippen MR) is 113 cm³/mol. The third kappa shape index (κ3) is 4.36. The number of benzene rings is 1. The zero-order chi connectivity index (χ0) is 19.5. The van der Waals surface area contributed by atoms with Crippen molar-refractivity contribution in [2.24, 2.45) is 0 Å². The van der Waals surface area contributed by atoms with Gasteiger partial charge in [0, 0.05) is 19.5 Å². The van der Waals surface area contributed by atoms with Crippen LogP contribution in [0.3, 0.4) is 0 Å². The van der Waals surface area contributed by atoms with E-state index in [0.717, 1.165) is 11.3 Å². The molecule has 138 valence electrons. The Morgan fingerprint density at radius 3 is 1.80 bits per heavy atom. The maximum absolute atomic E-state index is 11.9. The van der Waals surface area contributed by atoms with Crippen LogP contribution in [0, 0.1) is 25.3 Å². The lowest BCUT2D eigenvalue weighted by Gasteiger charge is -2.38. The molecule has 0 saturated carbocycles. The molecule has 2 nitrogen and oxygen atoms in total. The summed E-state index contributed by atoms with van der Waals surface area (Å²) in [5, 5.41) is 0. The Morgan fingerprint density at radius 1 is 0.960 bits per heavy atom. The summed E-state index contributed by atoms with van der Waals surface area (Å²) in [6.07, 6.45) is 0. The largest absolute Gasteiger partial charge is 0.314 e. The van der Waals surface area contributed by atoms with Crippen LogP contribution in [0.15, 0.2) is 12.1 Å². The van der Waals surface area contributed by atoms with Crippen molar-refractivity contribution in [3.63, 3.8) is 0 Å². The van der Waals surface area contributed by atoms with Crippen molar-refractivity contribution in [2.75, 3.05) is 11.9 Å². The van der Waals surface area contributed by atoms with Gasteiger partial charge < -0.3 is 4.90 Å². The SMILES string of the molecule is CC(=O)N(C)c1cc(C)c(C)cc1C#C[Si](C(C)C)(C(C)C)C(C)C. The van der Waals surface area contributed by atoms with Gasteiger partial charge in [-0.1, -0.05) is 47.5 Å². The van der Waals surface area contributed by atoms with E-state index in [4.69, 9.17) is 0 Å². The molecule has 0 saturated heterocycles. The Hall–Kier alpha value is -1.53. The fourth-order valence-electron chi connectivity index (χ4n) is 3.96. The summed E-state index contributed by atoms with van der Waals surface area (Å²) in [7, 11) is 0.0382. The van der Waals surface area contributed by atoms with Crippen LogP contribution in [0.1, 0.15) is 65.2 Å². The molecule has 0 spiro atoms. The monoisotopic (exact) mass is 357 g/mol. The first-order chi connectivity index (χ1) is 11.4. The molecule has 0 unspecified atom stereocenters. The summed E-state index contributed by atoms with van der Waals surface area (Å²) in [6, 6.07) is 4.22. The Bertz CT molecular complexity index is 670. The number of carbonyl (C=O) groups is 1. The van der Waals surface area contributed by atoms with Gasteiger partial charge in [0.15, 0.2) is 0 Å². The second kappa shape index (κ2) is 8.23. The summed E-state index contributed by atoms with van der Waals surface area (Å²) in [5.74, 6) is 3.55. The third-order valence-corrected chi connectivity index (χ3v) is 12.0. The van der Waals surface area contributed by atoms with Crippen LogP contribution in [-0.4, -0.2) is 21.0 Å². The molecule has 0 aromatic heterocycles. The van der Waals surface area contributed by atoms with Crippen molar-refractivity contribution in [1.29, 1.82) is 0 Å². The van der Waals surface area contributed by atoms with Crippen molar-refractivity contribution in [1.82, 2.24) is 0 Å². The molecule has 3 heteroatoms. The number of hydrogen-bond acceptors (Lipinski definition) is 1. The first-order valence-corrected chi connectivity index (χ1v) is 11.6. The number of rotatable bonds is 4. The average molecular weight is 358 g/mol. The molecule has 0 aliphatic heterocycles. The second-order valence-electron chi connectivity index (χ2n) is 8.18. The van der Waals surface area contributed by atoms with Gasteiger partial charge in [-0.25, -0.2) is 0 Å². The molecule has 0 N–H and O–H groups in total. The first-order valence-electron chi connectivity index (χ1n) is 9.33. The molecule has 1 aromatic carbocycles. The zero-order valence-electron chi connectivity index (χ0n) is 17.7. The predicted octanol–water partition coefficient (Wildman–Crippen LogP) is 5.86. The molecule has 25 heavy (non-hydrogen) atoms. The number of amides is 1. The van der Waals surface area contributed by atoms with E-state index < -0.39 is 8.07 Å².